The predicted molar refractivity (Wildman–Crippen MR) is 75.4 cm³/mol. The van der Waals surface area contributed by atoms with Crippen molar-refractivity contribution in [3.63, 3.8) is 0 Å². The van der Waals surface area contributed by atoms with Gasteiger partial charge in [0.05, 0.1) is 19.1 Å². The van der Waals surface area contributed by atoms with Crippen LogP contribution < -0.4 is 9.47 Å². The van der Waals surface area contributed by atoms with Crippen LogP contribution in [0.3, 0.4) is 0 Å². The number of ether oxygens (including phenoxy) is 2. The second-order valence-corrected chi connectivity index (χ2v) is 4.80. The third-order valence-electron chi connectivity index (χ3n) is 1.78. The largest absolute Gasteiger partial charge is 0.493 e. The molecule has 0 atom stereocenters. The smallest absolute Gasteiger partial charge is 0.175 e. The molecule has 0 radical (unpaired) electrons. The molecule has 4 nitrogen and oxygen atoms in total. The van der Waals surface area contributed by atoms with Crippen molar-refractivity contribution in [1.29, 1.82) is 0 Å². The molecule has 1 aromatic carbocycles. The Labute approximate surface area is 111 Å². The van der Waals surface area contributed by atoms with E-state index in [0.717, 1.165) is 6.26 Å². The van der Waals surface area contributed by atoms with E-state index in [1.807, 2.05) is 27.7 Å². The van der Waals surface area contributed by atoms with Crippen LogP contribution in [-0.2, 0) is 9.84 Å². The molecule has 0 amide bonds. The Morgan fingerprint density at radius 2 is 1.33 bits per heavy atom. The molecule has 0 bridgehead atoms. The van der Waals surface area contributed by atoms with E-state index in [4.69, 9.17) is 9.47 Å². The van der Waals surface area contributed by atoms with E-state index in [9.17, 15) is 8.42 Å². The highest BCUT2D eigenvalue weighted by Gasteiger charge is 2.11. The summed E-state index contributed by atoms with van der Waals surface area (Å²) in [6, 6.07) is 4.49. The molecule has 0 aromatic heterocycles. The lowest BCUT2D eigenvalue weighted by Gasteiger charge is -2.08. The van der Waals surface area contributed by atoms with Gasteiger partial charge in [-0.3, -0.25) is 0 Å². The first-order chi connectivity index (χ1) is 8.49. The summed E-state index contributed by atoms with van der Waals surface area (Å²) in [6.45, 7) is 8.00. The van der Waals surface area contributed by atoms with Gasteiger partial charge in [-0.2, -0.15) is 0 Å². The van der Waals surface area contributed by atoms with Crippen LogP contribution in [0.1, 0.15) is 27.7 Å². The van der Waals surface area contributed by atoms with Crippen LogP contribution in [0, 0.1) is 0 Å². The van der Waals surface area contributed by atoms with Gasteiger partial charge in [0.1, 0.15) is 0 Å². The summed E-state index contributed by atoms with van der Waals surface area (Å²) in [7, 11) is -0.236. The summed E-state index contributed by atoms with van der Waals surface area (Å²) in [5, 5.41) is 0. The molecule has 0 fully saturated rings. The minimum Gasteiger partial charge on any atom is -0.493 e. The lowest BCUT2D eigenvalue weighted by molar-refractivity contribution is 0.354. The highest BCUT2D eigenvalue weighted by molar-refractivity contribution is 7.90. The lowest BCUT2D eigenvalue weighted by atomic mass is 10.3. The summed E-state index contributed by atoms with van der Waals surface area (Å²) in [5.74, 6) is 0.926. The van der Waals surface area contributed by atoms with Crippen molar-refractivity contribution in [3.8, 4) is 11.5 Å². The minimum absolute atomic E-state index is 0.218. The molecule has 106 valence electrons. The zero-order valence-corrected chi connectivity index (χ0v) is 13.1. The van der Waals surface area contributed by atoms with Gasteiger partial charge in [0.25, 0.3) is 0 Å². The van der Waals surface area contributed by atoms with Crippen LogP contribution in [0.5, 0.6) is 11.5 Å². The maximum absolute atomic E-state index is 11.2. The molecule has 0 N–H and O–H groups in total. The zero-order chi connectivity index (χ0) is 14.8. The van der Waals surface area contributed by atoms with E-state index in [0.29, 0.717) is 11.5 Å². The second kappa shape index (κ2) is 9.76. The van der Waals surface area contributed by atoms with Crippen LogP contribution in [0.15, 0.2) is 23.1 Å². The van der Waals surface area contributed by atoms with Gasteiger partial charge in [-0.15, -0.1) is 0 Å². The van der Waals surface area contributed by atoms with Gasteiger partial charge in [-0.25, -0.2) is 8.42 Å². The van der Waals surface area contributed by atoms with Gasteiger partial charge in [0, 0.05) is 12.3 Å². The monoisotopic (exact) mass is 276 g/mol. The number of hydrogen-bond acceptors (Lipinski definition) is 4. The van der Waals surface area contributed by atoms with Gasteiger partial charge in [0.2, 0.25) is 0 Å². The number of hydrogen-bond donors (Lipinski definition) is 0. The Morgan fingerprint density at radius 3 is 1.67 bits per heavy atom. The van der Waals surface area contributed by atoms with E-state index in [2.05, 4.69) is 0 Å². The van der Waals surface area contributed by atoms with Gasteiger partial charge >= 0.3 is 0 Å². The first-order valence-corrected chi connectivity index (χ1v) is 7.80. The topological polar surface area (TPSA) is 52.6 Å². The maximum Gasteiger partial charge on any atom is 0.175 e. The first kappa shape index (κ1) is 19.1. The van der Waals surface area contributed by atoms with Crippen LogP contribution >= 0.6 is 0 Å². The highest BCUT2D eigenvalue weighted by Crippen LogP contribution is 2.29. The molecular formula is C13H24O4S. The van der Waals surface area contributed by atoms with Crippen molar-refractivity contribution in [2.24, 2.45) is 0 Å². The van der Waals surface area contributed by atoms with Crippen molar-refractivity contribution in [1.82, 2.24) is 0 Å². The van der Waals surface area contributed by atoms with E-state index in [-0.39, 0.29) is 4.90 Å². The SMILES string of the molecule is CC.CC.COc1ccc(S(C)(=O)=O)cc1OC. The number of sulfone groups is 1. The molecule has 0 saturated heterocycles. The Bertz CT molecular complexity index is 425. The second-order valence-electron chi connectivity index (χ2n) is 2.79. The van der Waals surface area contributed by atoms with Crippen LogP contribution in [-0.4, -0.2) is 28.9 Å². The number of methoxy groups -OCH3 is 2. The third kappa shape index (κ3) is 5.91. The summed E-state index contributed by atoms with van der Waals surface area (Å²) >= 11 is 0. The molecule has 0 aliphatic rings. The van der Waals surface area contributed by atoms with Crippen LogP contribution in [0.2, 0.25) is 0 Å². The predicted octanol–water partition coefficient (Wildman–Crippen LogP) is 3.16. The molecule has 0 unspecified atom stereocenters. The lowest BCUT2D eigenvalue weighted by Crippen LogP contribution is -1.98. The fourth-order valence-corrected chi connectivity index (χ4v) is 1.68. The average molecular weight is 276 g/mol. The van der Waals surface area contributed by atoms with Crippen molar-refractivity contribution < 1.29 is 17.9 Å². The van der Waals surface area contributed by atoms with Crippen molar-refractivity contribution in [2.75, 3.05) is 20.5 Å². The van der Waals surface area contributed by atoms with E-state index >= 15 is 0 Å². The third-order valence-corrected chi connectivity index (χ3v) is 2.89. The maximum atomic E-state index is 11.2. The van der Waals surface area contributed by atoms with Gasteiger partial charge in [-0.1, -0.05) is 27.7 Å². The summed E-state index contributed by atoms with van der Waals surface area (Å²) < 4.78 is 32.4. The Hall–Kier alpha value is -1.23. The molecule has 0 spiro atoms. The summed E-state index contributed by atoms with van der Waals surface area (Å²) in [5.41, 5.74) is 0. The van der Waals surface area contributed by atoms with Crippen molar-refractivity contribution >= 4 is 9.84 Å². The molecule has 0 heterocycles. The number of rotatable bonds is 3. The zero-order valence-electron chi connectivity index (χ0n) is 12.3. The quantitative estimate of drug-likeness (QED) is 0.851. The minimum atomic E-state index is -3.20. The fourth-order valence-electron chi connectivity index (χ4n) is 1.05. The Balaban J connectivity index is 0. The first-order valence-electron chi connectivity index (χ1n) is 5.91. The molecule has 0 saturated carbocycles. The van der Waals surface area contributed by atoms with E-state index in [1.165, 1.54) is 26.4 Å². The molecule has 0 aliphatic heterocycles. The molecular weight excluding hydrogens is 252 g/mol. The molecule has 18 heavy (non-hydrogen) atoms. The Kier molecular flexibility index (Phi) is 10.4. The number of benzene rings is 1. The van der Waals surface area contributed by atoms with Gasteiger partial charge in [-0.05, 0) is 12.1 Å². The Morgan fingerprint density at radius 1 is 0.889 bits per heavy atom. The summed E-state index contributed by atoms with van der Waals surface area (Å²) in [4.78, 5) is 0.218. The van der Waals surface area contributed by atoms with Gasteiger partial charge in [0.15, 0.2) is 21.3 Å². The van der Waals surface area contributed by atoms with Crippen molar-refractivity contribution in [2.45, 2.75) is 32.6 Å². The van der Waals surface area contributed by atoms with Crippen molar-refractivity contribution in [3.05, 3.63) is 18.2 Å². The summed E-state index contributed by atoms with van der Waals surface area (Å²) in [6.07, 6.45) is 1.15. The van der Waals surface area contributed by atoms with Gasteiger partial charge < -0.3 is 9.47 Å². The van der Waals surface area contributed by atoms with E-state index < -0.39 is 9.84 Å². The fraction of sp³-hybridized carbons (Fsp3) is 0.538. The molecule has 0 aliphatic carbocycles. The molecule has 1 rings (SSSR count). The molecule has 5 heteroatoms. The van der Waals surface area contributed by atoms with E-state index in [1.54, 1.807) is 6.07 Å². The molecule has 1 aromatic rings. The van der Waals surface area contributed by atoms with Crippen LogP contribution in [0.4, 0.5) is 0 Å². The average Bonchev–Trinajstić information content (AvgIpc) is 2.41. The normalized spacial score (nSPS) is 9.28. The standard InChI is InChI=1S/C9H12O4S.2C2H6/c1-12-8-5-4-7(14(3,10)11)6-9(8)13-2;2*1-2/h4-6H,1-3H3;2*1-2H3. The highest BCUT2D eigenvalue weighted by atomic mass is 32.2. The van der Waals surface area contributed by atoms with Crippen LogP contribution in [0.25, 0.3) is 0 Å².